The lowest BCUT2D eigenvalue weighted by Gasteiger charge is -2.38. The molecule has 0 aliphatic heterocycles. The van der Waals surface area contributed by atoms with Gasteiger partial charge in [-0.3, -0.25) is 4.79 Å². The summed E-state index contributed by atoms with van der Waals surface area (Å²) in [4.78, 5) is 11.3. The van der Waals surface area contributed by atoms with E-state index in [4.69, 9.17) is 0 Å². The fourth-order valence-corrected chi connectivity index (χ4v) is 3.16. The van der Waals surface area contributed by atoms with Crippen LogP contribution in [0.15, 0.2) is 30.4 Å². The molecule has 88 valence electrons. The third-order valence-electron chi connectivity index (χ3n) is 4.08. The van der Waals surface area contributed by atoms with Gasteiger partial charge in [-0.1, -0.05) is 12.1 Å². The summed E-state index contributed by atoms with van der Waals surface area (Å²) >= 11 is 0. The molecule has 2 aliphatic carbocycles. The summed E-state index contributed by atoms with van der Waals surface area (Å²) in [7, 11) is 0. The highest BCUT2D eigenvalue weighted by Crippen LogP contribution is 2.43. The fourth-order valence-electron chi connectivity index (χ4n) is 3.16. The van der Waals surface area contributed by atoms with Crippen LogP contribution < -0.4 is 0 Å². The molecular formula is C15H15FO. The molecule has 0 fully saturated rings. The molecule has 0 unspecified atom stereocenters. The number of fused-ring (bicyclic) bond motifs is 2. The van der Waals surface area contributed by atoms with Gasteiger partial charge in [-0.05, 0) is 55.0 Å². The first-order chi connectivity index (χ1) is 8.20. The number of halogens is 1. The average molecular weight is 230 g/mol. The summed E-state index contributed by atoms with van der Waals surface area (Å²) in [5.74, 6) is 0.0227. The van der Waals surface area contributed by atoms with Crippen LogP contribution in [0.1, 0.15) is 36.8 Å². The van der Waals surface area contributed by atoms with Crippen molar-refractivity contribution in [3.05, 3.63) is 47.3 Å². The molecule has 1 atom stereocenters. The number of benzene rings is 1. The van der Waals surface area contributed by atoms with E-state index >= 15 is 0 Å². The zero-order valence-corrected chi connectivity index (χ0v) is 9.71. The second kappa shape index (κ2) is 3.80. The van der Waals surface area contributed by atoms with Gasteiger partial charge in [0.2, 0.25) is 0 Å². The summed E-state index contributed by atoms with van der Waals surface area (Å²) in [5, 5.41) is 0. The van der Waals surface area contributed by atoms with Gasteiger partial charge in [0.15, 0.2) is 5.78 Å². The number of hydrogen-bond donors (Lipinski definition) is 0. The molecule has 17 heavy (non-hydrogen) atoms. The van der Waals surface area contributed by atoms with Gasteiger partial charge in [0.05, 0.1) is 0 Å². The third kappa shape index (κ3) is 1.72. The van der Waals surface area contributed by atoms with Gasteiger partial charge in [-0.15, -0.1) is 0 Å². The maximum atomic E-state index is 13.4. The first-order valence-corrected chi connectivity index (χ1v) is 6.21. The molecule has 2 aliphatic rings. The highest BCUT2D eigenvalue weighted by molar-refractivity contribution is 5.91. The number of hydrogen-bond acceptors (Lipinski definition) is 1. The van der Waals surface area contributed by atoms with Crippen molar-refractivity contribution in [2.75, 3.05) is 0 Å². The number of carbonyl (C=O) groups excluding carboxylic acids is 1. The molecule has 1 aromatic rings. The van der Waals surface area contributed by atoms with Crippen LogP contribution in [0.5, 0.6) is 0 Å². The van der Waals surface area contributed by atoms with Crippen LogP contribution in [-0.4, -0.2) is 5.78 Å². The second-order valence-electron chi connectivity index (χ2n) is 5.11. The zero-order chi connectivity index (χ0) is 11.9. The van der Waals surface area contributed by atoms with E-state index in [-0.39, 0.29) is 17.0 Å². The molecule has 0 aromatic heterocycles. The average Bonchev–Trinajstić information content (AvgIpc) is 2.34. The molecular weight excluding hydrogens is 215 g/mol. The van der Waals surface area contributed by atoms with Gasteiger partial charge in [-0.25, -0.2) is 4.39 Å². The molecule has 3 rings (SSSR count). The highest BCUT2D eigenvalue weighted by Gasteiger charge is 2.36. The second-order valence-corrected chi connectivity index (χ2v) is 5.11. The Balaban J connectivity index is 2.13. The molecule has 0 bridgehead atoms. The lowest BCUT2D eigenvalue weighted by Crippen LogP contribution is -2.32. The fraction of sp³-hybridized carbons (Fsp3) is 0.400. The van der Waals surface area contributed by atoms with E-state index in [0.29, 0.717) is 6.42 Å². The molecule has 1 aromatic carbocycles. The Morgan fingerprint density at radius 2 is 2.06 bits per heavy atom. The Morgan fingerprint density at radius 3 is 2.82 bits per heavy atom. The molecule has 0 saturated heterocycles. The topological polar surface area (TPSA) is 17.1 Å². The van der Waals surface area contributed by atoms with E-state index < -0.39 is 0 Å². The summed E-state index contributed by atoms with van der Waals surface area (Å²) in [5.41, 5.74) is 2.27. The standard InChI is InChI=1S/C15H15FO/c16-12-4-3-11-2-1-7-15(14(11)10-12)8-5-13(17)6-9-15/h3-5,8,10H,1-2,6-7,9H2/t15-/m1/s1. The van der Waals surface area contributed by atoms with E-state index in [2.05, 4.69) is 0 Å². The van der Waals surface area contributed by atoms with Crippen molar-refractivity contribution in [1.29, 1.82) is 0 Å². The summed E-state index contributed by atoms with van der Waals surface area (Å²) in [6, 6.07) is 5.10. The van der Waals surface area contributed by atoms with Crippen molar-refractivity contribution in [1.82, 2.24) is 0 Å². The third-order valence-corrected chi connectivity index (χ3v) is 4.08. The predicted octanol–water partition coefficient (Wildman–Crippen LogP) is 3.32. The first-order valence-electron chi connectivity index (χ1n) is 6.21. The largest absolute Gasteiger partial charge is 0.295 e. The van der Waals surface area contributed by atoms with Crippen LogP contribution in [0.3, 0.4) is 0 Å². The Labute approximate surface area is 100 Å². The molecule has 0 saturated carbocycles. The van der Waals surface area contributed by atoms with Crippen molar-refractivity contribution in [3.8, 4) is 0 Å². The van der Waals surface area contributed by atoms with Crippen LogP contribution in [0.25, 0.3) is 0 Å². The summed E-state index contributed by atoms with van der Waals surface area (Å²) in [6.45, 7) is 0. The lowest BCUT2D eigenvalue weighted by molar-refractivity contribution is -0.115. The molecule has 0 heterocycles. The maximum absolute atomic E-state index is 13.4. The monoisotopic (exact) mass is 230 g/mol. The maximum Gasteiger partial charge on any atom is 0.155 e. The lowest BCUT2D eigenvalue weighted by atomic mass is 9.65. The molecule has 0 N–H and O–H groups in total. The van der Waals surface area contributed by atoms with Crippen molar-refractivity contribution in [2.45, 2.75) is 37.5 Å². The van der Waals surface area contributed by atoms with Crippen molar-refractivity contribution in [3.63, 3.8) is 0 Å². The number of rotatable bonds is 0. The van der Waals surface area contributed by atoms with Crippen LogP contribution in [0.2, 0.25) is 0 Å². The molecule has 2 heteroatoms. The van der Waals surface area contributed by atoms with Crippen molar-refractivity contribution in [2.24, 2.45) is 0 Å². The van der Waals surface area contributed by atoms with E-state index in [1.807, 2.05) is 12.1 Å². The molecule has 0 amide bonds. The number of carbonyl (C=O) groups is 1. The predicted molar refractivity (Wildman–Crippen MR) is 64.4 cm³/mol. The number of ketones is 1. The Bertz CT molecular complexity index is 504. The SMILES string of the molecule is O=C1C=C[C@]2(CCCc3ccc(F)cc32)CC1. The van der Waals surface area contributed by atoms with Crippen molar-refractivity contribution < 1.29 is 9.18 Å². The van der Waals surface area contributed by atoms with Gasteiger partial charge >= 0.3 is 0 Å². The highest BCUT2D eigenvalue weighted by atomic mass is 19.1. The van der Waals surface area contributed by atoms with Gasteiger partial charge in [0.25, 0.3) is 0 Å². The zero-order valence-electron chi connectivity index (χ0n) is 9.71. The van der Waals surface area contributed by atoms with Gasteiger partial charge < -0.3 is 0 Å². The van der Waals surface area contributed by atoms with E-state index in [1.165, 1.54) is 11.6 Å². The summed E-state index contributed by atoms with van der Waals surface area (Å²) < 4.78 is 13.4. The Hall–Kier alpha value is -1.44. The molecule has 1 spiro atoms. The quantitative estimate of drug-likeness (QED) is 0.668. The minimum Gasteiger partial charge on any atom is -0.295 e. The van der Waals surface area contributed by atoms with Gasteiger partial charge in [0.1, 0.15) is 5.82 Å². The van der Waals surface area contributed by atoms with Gasteiger partial charge in [-0.2, -0.15) is 0 Å². The van der Waals surface area contributed by atoms with E-state index in [9.17, 15) is 9.18 Å². The Kier molecular flexibility index (Phi) is 2.39. The van der Waals surface area contributed by atoms with Crippen LogP contribution in [0.4, 0.5) is 4.39 Å². The van der Waals surface area contributed by atoms with E-state index in [1.54, 1.807) is 12.1 Å². The Morgan fingerprint density at radius 1 is 1.18 bits per heavy atom. The van der Waals surface area contributed by atoms with E-state index in [0.717, 1.165) is 31.2 Å². The minimum absolute atomic E-state index is 0.0798. The van der Waals surface area contributed by atoms with Crippen molar-refractivity contribution >= 4 is 5.78 Å². The first kappa shape index (κ1) is 10.7. The molecule has 0 radical (unpaired) electrons. The van der Waals surface area contributed by atoms with Crippen LogP contribution >= 0.6 is 0 Å². The van der Waals surface area contributed by atoms with Crippen LogP contribution in [-0.2, 0) is 16.6 Å². The minimum atomic E-state index is -0.171. The van der Waals surface area contributed by atoms with Gasteiger partial charge in [0, 0.05) is 11.8 Å². The summed E-state index contributed by atoms with van der Waals surface area (Å²) in [6.07, 6.45) is 8.30. The number of allylic oxidation sites excluding steroid dienone is 2. The number of aryl methyl sites for hydroxylation is 1. The smallest absolute Gasteiger partial charge is 0.155 e. The van der Waals surface area contributed by atoms with Crippen LogP contribution in [0, 0.1) is 5.82 Å². The molecule has 1 nitrogen and oxygen atoms in total. The normalized spacial score (nSPS) is 27.2.